The molecular weight excluding hydrogens is 392 g/mol. The molecule has 1 amide bonds. The van der Waals surface area contributed by atoms with Crippen LogP contribution >= 0.6 is 0 Å². The van der Waals surface area contributed by atoms with Crippen LogP contribution in [0, 0.1) is 0 Å². The van der Waals surface area contributed by atoms with Crippen molar-refractivity contribution < 1.29 is 14.3 Å². The highest BCUT2D eigenvalue weighted by Gasteiger charge is 2.23. The van der Waals surface area contributed by atoms with Crippen LogP contribution in [-0.4, -0.2) is 63.2 Å². The SMILES string of the molecule is CN=C(NCCc1ccc(OCC(=O)NC2CC2)cc1)N(C)CCOc1ccccc1. The summed E-state index contributed by atoms with van der Waals surface area (Å²) in [4.78, 5) is 18.1. The minimum atomic E-state index is -0.0551. The zero-order valence-electron chi connectivity index (χ0n) is 18.3. The normalized spacial score (nSPS) is 13.4. The highest BCUT2D eigenvalue weighted by atomic mass is 16.5. The third kappa shape index (κ3) is 8.20. The van der Waals surface area contributed by atoms with E-state index in [9.17, 15) is 4.79 Å². The van der Waals surface area contributed by atoms with Crippen LogP contribution in [-0.2, 0) is 11.2 Å². The molecule has 0 spiro atoms. The average Bonchev–Trinajstić information content (AvgIpc) is 3.61. The second-order valence-electron chi connectivity index (χ2n) is 7.58. The molecule has 1 fully saturated rings. The Balaban J connectivity index is 1.33. The van der Waals surface area contributed by atoms with E-state index < -0.39 is 0 Å². The van der Waals surface area contributed by atoms with Crippen LogP contribution in [0.5, 0.6) is 11.5 Å². The predicted molar refractivity (Wildman–Crippen MR) is 123 cm³/mol. The van der Waals surface area contributed by atoms with Crippen LogP contribution in [0.15, 0.2) is 59.6 Å². The molecule has 2 aromatic carbocycles. The Morgan fingerprint density at radius 3 is 2.45 bits per heavy atom. The molecule has 1 aliphatic rings. The fourth-order valence-corrected chi connectivity index (χ4v) is 3.02. The van der Waals surface area contributed by atoms with Gasteiger partial charge in [-0.05, 0) is 49.1 Å². The maximum absolute atomic E-state index is 11.7. The van der Waals surface area contributed by atoms with Crippen molar-refractivity contribution in [1.29, 1.82) is 0 Å². The number of ether oxygens (including phenoxy) is 2. The van der Waals surface area contributed by atoms with Crippen molar-refractivity contribution in [2.24, 2.45) is 4.99 Å². The number of hydrogen-bond donors (Lipinski definition) is 2. The molecule has 1 saturated carbocycles. The third-order valence-electron chi connectivity index (χ3n) is 4.94. The van der Waals surface area contributed by atoms with Crippen LogP contribution in [0.25, 0.3) is 0 Å². The van der Waals surface area contributed by atoms with Gasteiger partial charge in [-0.3, -0.25) is 9.79 Å². The van der Waals surface area contributed by atoms with Gasteiger partial charge < -0.3 is 25.0 Å². The Kier molecular flexibility index (Phi) is 8.58. The topological polar surface area (TPSA) is 75.2 Å². The molecule has 7 nitrogen and oxygen atoms in total. The Morgan fingerprint density at radius 2 is 1.77 bits per heavy atom. The van der Waals surface area contributed by atoms with Gasteiger partial charge in [0.05, 0.1) is 6.54 Å². The molecule has 31 heavy (non-hydrogen) atoms. The lowest BCUT2D eigenvalue weighted by atomic mass is 10.1. The number of benzene rings is 2. The zero-order valence-corrected chi connectivity index (χ0v) is 18.3. The number of hydrogen-bond acceptors (Lipinski definition) is 4. The van der Waals surface area contributed by atoms with Gasteiger partial charge in [0, 0.05) is 26.7 Å². The molecule has 0 radical (unpaired) electrons. The Labute approximate surface area is 184 Å². The summed E-state index contributed by atoms with van der Waals surface area (Å²) in [6.45, 7) is 2.14. The summed E-state index contributed by atoms with van der Waals surface area (Å²) in [5, 5.41) is 6.30. The second kappa shape index (κ2) is 11.8. The summed E-state index contributed by atoms with van der Waals surface area (Å²) in [7, 11) is 3.78. The van der Waals surface area contributed by atoms with Crippen molar-refractivity contribution in [2.75, 3.05) is 40.4 Å². The second-order valence-corrected chi connectivity index (χ2v) is 7.58. The lowest BCUT2D eigenvalue weighted by molar-refractivity contribution is -0.123. The van der Waals surface area contributed by atoms with E-state index in [1.807, 2.05) is 66.5 Å². The maximum atomic E-state index is 11.7. The van der Waals surface area contributed by atoms with E-state index in [0.717, 1.165) is 44.1 Å². The number of rotatable bonds is 11. The van der Waals surface area contributed by atoms with Crippen LogP contribution in [0.4, 0.5) is 0 Å². The first-order valence-corrected chi connectivity index (χ1v) is 10.7. The first-order chi connectivity index (χ1) is 15.1. The van der Waals surface area contributed by atoms with E-state index in [2.05, 4.69) is 15.6 Å². The quantitative estimate of drug-likeness (QED) is 0.428. The molecule has 0 aromatic heterocycles. The van der Waals surface area contributed by atoms with Crippen LogP contribution in [0.1, 0.15) is 18.4 Å². The van der Waals surface area contributed by atoms with Gasteiger partial charge in [0.1, 0.15) is 18.1 Å². The minimum Gasteiger partial charge on any atom is -0.492 e. The van der Waals surface area contributed by atoms with E-state index >= 15 is 0 Å². The first-order valence-electron chi connectivity index (χ1n) is 10.7. The van der Waals surface area contributed by atoms with Crippen molar-refractivity contribution in [3.8, 4) is 11.5 Å². The molecule has 7 heteroatoms. The highest BCUT2D eigenvalue weighted by Crippen LogP contribution is 2.18. The van der Waals surface area contributed by atoms with Gasteiger partial charge in [0.2, 0.25) is 0 Å². The average molecular weight is 425 g/mol. The molecule has 0 aliphatic heterocycles. The van der Waals surface area contributed by atoms with E-state index in [1.165, 1.54) is 5.56 Å². The van der Waals surface area contributed by atoms with Gasteiger partial charge in [-0.25, -0.2) is 0 Å². The highest BCUT2D eigenvalue weighted by molar-refractivity contribution is 5.79. The van der Waals surface area contributed by atoms with Gasteiger partial charge >= 0.3 is 0 Å². The number of carbonyl (C=O) groups excluding carboxylic acids is 1. The first kappa shape index (κ1) is 22.5. The molecule has 3 rings (SSSR count). The molecule has 0 bridgehead atoms. The lowest BCUT2D eigenvalue weighted by Gasteiger charge is -2.22. The molecule has 1 aliphatic carbocycles. The fourth-order valence-electron chi connectivity index (χ4n) is 3.02. The standard InChI is InChI=1S/C24H32N4O3/c1-25-24(28(2)16-17-30-21-6-4-3-5-7-21)26-15-14-19-8-12-22(13-9-19)31-18-23(29)27-20-10-11-20/h3-9,12-13,20H,10-11,14-18H2,1-2H3,(H,25,26)(H,27,29). The van der Waals surface area contributed by atoms with E-state index in [0.29, 0.717) is 18.4 Å². The van der Waals surface area contributed by atoms with E-state index in [4.69, 9.17) is 9.47 Å². The summed E-state index contributed by atoms with van der Waals surface area (Å²) < 4.78 is 11.3. The third-order valence-corrected chi connectivity index (χ3v) is 4.94. The molecule has 2 aromatic rings. The van der Waals surface area contributed by atoms with Gasteiger partial charge in [0.25, 0.3) is 5.91 Å². The summed E-state index contributed by atoms with van der Waals surface area (Å²) in [5.74, 6) is 2.35. The lowest BCUT2D eigenvalue weighted by Crippen LogP contribution is -2.41. The van der Waals surface area contributed by atoms with Gasteiger partial charge in [0.15, 0.2) is 12.6 Å². The molecule has 0 saturated heterocycles. The van der Waals surface area contributed by atoms with Crippen LogP contribution in [0.3, 0.4) is 0 Å². The van der Waals surface area contributed by atoms with E-state index in [1.54, 1.807) is 7.05 Å². The Hall–Kier alpha value is -3.22. The molecule has 166 valence electrons. The summed E-state index contributed by atoms with van der Waals surface area (Å²) in [5.41, 5.74) is 1.19. The maximum Gasteiger partial charge on any atom is 0.258 e. The van der Waals surface area contributed by atoms with Crippen LogP contribution in [0.2, 0.25) is 0 Å². The van der Waals surface area contributed by atoms with Gasteiger partial charge in [-0.15, -0.1) is 0 Å². The van der Waals surface area contributed by atoms with E-state index in [-0.39, 0.29) is 12.5 Å². The van der Waals surface area contributed by atoms with Crippen LogP contribution < -0.4 is 20.1 Å². The fraction of sp³-hybridized carbons (Fsp3) is 0.417. The van der Waals surface area contributed by atoms with Crippen molar-refractivity contribution in [3.63, 3.8) is 0 Å². The van der Waals surface area contributed by atoms with Crippen molar-refractivity contribution in [2.45, 2.75) is 25.3 Å². The van der Waals surface area contributed by atoms with Crippen molar-refractivity contribution in [1.82, 2.24) is 15.5 Å². The number of carbonyl (C=O) groups is 1. The van der Waals surface area contributed by atoms with Crippen molar-refractivity contribution in [3.05, 3.63) is 60.2 Å². The Morgan fingerprint density at radius 1 is 1.06 bits per heavy atom. The predicted octanol–water partition coefficient (Wildman–Crippen LogP) is 2.47. The number of nitrogens with one attached hydrogen (secondary N) is 2. The number of para-hydroxylation sites is 1. The summed E-state index contributed by atoms with van der Waals surface area (Å²) in [6.07, 6.45) is 3.02. The molecule has 2 N–H and O–H groups in total. The number of aliphatic imine (C=N–C) groups is 1. The largest absolute Gasteiger partial charge is 0.492 e. The number of nitrogens with zero attached hydrogens (tertiary/aromatic N) is 2. The Bertz CT molecular complexity index is 836. The molecular formula is C24H32N4O3. The zero-order chi connectivity index (χ0) is 21.9. The number of likely N-dealkylation sites (N-methyl/N-ethyl adjacent to an activating group) is 1. The molecule has 0 unspecified atom stereocenters. The summed E-state index contributed by atoms with van der Waals surface area (Å²) in [6, 6.07) is 18.0. The molecule has 0 heterocycles. The number of amides is 1. The van der Waals surface area contributed by atoms with Crippen molar-refractivity contribution >= 4 is 11.9 Å². The smallest absolute Gasteiger partial charge is 0.258 e. The summed E-state index contributed by atoms with van der Waals surface area (Å²) >= 11 is 0. The van der Waals surface area contributed by atoms with Gasteiger partial charge in [-0.1, -0.05) is 30.3 Å². The molecule has 0 atom stereocenters. The van der Waals surface area contributed by atoms with Gasteiger partial charge in [-0.2, -0.15) is 0 Å². The number of guanidine groups is 1. The monoisotopic (exact) mass is 424 g/mol. The minimum absolute atomic E-state index is 0.0551.